The predicted molar refractivity (Wildman–Crippen MR) is 92.7 cm³/mol. The molecule has 3 heteroatoms. The van der Waals surface area contributed by atoms with Gasteiger partial charge in [-0.1, -0.05) is 66.7 Å². The van der Waals surface area contributed by atoms with Gasteiger partial charge in [-0.3, -0.25) is 4.79 Å². The van der Waals surface area contributed by atoms with Crippen LogP contribution in [0.4, 0.5) is 0 Å². The summed E-state index contributed by atoms with van der Waals surface area (Å²) in [4.78, 5) is 14.8. The van der Waals surface area contributed by atoms with Gasteiger partial charge in [0.15, 0.2) is 0 Å². The Balaban J connectivity index is 1.82. The molecule has 118 valence electrons. The first-order valence-electron chi connectivity index (χ1n) is 7.97. The maximum atomic E-state index is 12.9. The highest BCUT2D eigenvalue weighted by atomic mass is 16.3. The monoisotopic (exact) mass is 315 g/mol. The zero-order valence-corrected chi connectivity index (χ0v) is 13.1. The summed E-state index contributed by atoms with van der Waals surface area (Å²) in [6.45, 7) is 0.507. The standard InChI is InChI=1S/C21H17NO2/c23-19-13-7-6-12-18(19)20-16-10-4-5-11-17(16)21(24)22(20)14-15-8-2-1-3-9-15/h1-13,20,23H,14H2. The molecule has 1 amide bonds. The van der Waals surface area contributed by atoms with Crippen molar-refractivity contribution in [1.29, 1.82) is 0 Å². The van der Waals surface area contributed by atoms with Gasteiger partial charge in [0.1, 0.15) is 5.75 Å². The van der Waals surface area contributed by atoms with Gasteiger partial charge in [0.25, 0.3) is 5.91 Å². The molecule has 0 aliphatic carbocycles. The highest BCUT2D eigenvalue weighted by Crippen LogP contribution is 2.42. The Bertz CT molecular complexity index is 889. The van der Waals surface area contributed by atoms with Crippen LogP contribution >= 0.6 is 0 Å². The van der Waals surface area contributed by atoms with E-state index in [9.17, 15) is 9.90 Å². The fourth-order valence-corrected chi connectivity index (χ4v) is 3.37. The average molecular weight is 315 g/mol. The average Bonchev–Trinajstić information content (AvgIpc) is 2.89. The fourth-order valence-electron chi connectivity index (χ4n) is 3.37. The van der Waals surface area contributed by atoms with Gasteiger partial charge in [0, 0.05) is 17.7 Å². The van der Waals surface area contributed by atoms with E-state index in [0.29, 0.717) is 12.1 Å². The summed E-state index contributed by atoms with van der Waals surface area (Å²) >= 11 is 0. The number of benzene rings is 3. The van der Waals surface area contributed by atoms with Crippen LogP contribution in [-0.4, -0.2) is 15.9 Å². The van der Waals surface area contributed by atoms with Gasteiger partial charge < -0.3 is 10.0 Å². The molecule has 0 saturated heterocycles. The second-order valence-electron chi connectivity index (χ2n) is 5.97. The highest BCUT2D eigenvalue weighted by Gasteiger charge is 2.38. The zero-order valence-electron chi connectivity index (χ0n) is 13.1. The van der Waals surface area contributed by atoms with E-state index in [1.807, 2.05) is 71.6 Å². The molecule has 3 aromatic rings. The molecule has 0 bridgehead atoms. The van der Waals surface area contributed by atoms with Crippen LogP contribution in [0.15, 0.2) is 78.9 Å². The Morgan fingerprint density at radius 1 is 0.792 bits per heavy atom. The highest BCUT2D eigenvalue weighted by molar-refractivity contribution is 5.99. The number of aromatic hydroxyl groups is 1. The molecule has 0 saturated carbocycles. The van der Waals surface area contributed by atoms with Crippen LogP contribution in [-0.2, 0) is 6.54 Å². The van der Waals surface area contributed by atoms with E-state index in [-0.39, 0.29) is 17.7 Å². The lowest BCUT2D eigenvalue weighted by atomic mass is 9.97. The molecule has 0 spiro atoms. The van der Waals surface area contributed by atoms with E-state index in [0.717, 1.165) is 16.7 Å². The third-order valence-corrected chi connectivity index (χ3v) is 4.49. The number of fused-ring (bicyclic) bond motifs is 1. The van der Waals surface area contributed by atoms with Crippen molar-refractivity contribution in [1.82, 2.24) is 4.90 Å². The van der Waals surface area contributed by atoms with E-state index in [1.54, 1.807) is 12.1 Å². The Morgan fingerprint density at radius 2 is 1.42 bits per heavy atom. The second-order valence-corrected chi connectivity index (χ2v) is 5.97. The quantitative estimate of drug-likeness (QED) is 0.789. The molecule has 0 aromatic heterocycles. The molecule has 24 heavy (non-hydrogen) atoms. The van der Waals surface area contributed by atoms with Gasteiger partial charge in [-0.2, -0.15) is 0 Å². The van der Waals surface area contributed by atoms with Crippen LogP contribution in [0.25, 0.3) is 0 Å². The number of amides is 1. The lowest BCUT2D eigenvalue weighted by molar-refractivity contribution is 0.0734. The molecule has 3 nitrogen and oxygen atoms in total. The lowest BCUT2D eigenvalue weighted by Gasteiger charge is -2.26. The predicted octanol–water partition coefficient (Wildman–Crippen LogP) is 4.14. The van der Waals surface area contributed by atoms with Crippen molar-refractivity contribution in [3.8, 4) is 5.75 Å². The number of nitrogens with zero attached hydrogens (tertiary/aromatic N) is 1. The summed E-state index contributed by atoms with van der Waals surface area (Å²) in [6.07, 6.45) is 0. The number of hydrogen-bond donors (Lipinski definition) is 1. The number of phenolic OH excluding ortho intramolecular Hbond substituents is 1. The Hall–Kier alpha value is -3.07. The largest absolute Gasteiger partial charge is 0.508 e. The molecular formula is C21H17NO2. The van der Waals surface area contributed by atoms with Gasteiger partial charge in [-0.25, -0.2) is 0 Å². The maximum absolute atomic E-state index is 12.9. The molecule has 1 heterocycles. The summed E-state index contributed by atoms with van der Waals surface area (Å²) in [5, 5.41) is 10.3. The third kappa shape index (κ3) is 2.35. The molecular weight excluding hydrogens is 298 g/mol. The van der Waals surface area contributed by atoms with E-state index >= 15 is 0 Å². The molecule has 0 fully saturated rings. The van der Waals surface area contributed by atoms with Gasteiger partial charge in [0.2, 0.25) is 0 Å². The summed E-state index contributed by atoms with van der Waals surface area (Å²) in [5.41, 5.74) is 3.48. The first-order chi connectivity index (χ1) is 11.8. The van der Waals surface area contributed by atoms with Crippen molar-refractivity contribution in [2.45, 2.75) is 12.6 Å². The zero-order chi connectivity index (χ0) is 16.5. The van der Waals surface area contributed by atoms with Crippen molar-refractivity contribution in [2.75, 3.05) is 0 Å². The SMILES string of the molecule is O=C1c2ccccc2C(c2ccccc2O)N1Cc1ccccc1. The maximum Gasteiger partial charge on any atom is 0.255 e. The number of carbonyl (C=O) groups excluding carboxylic acids is 1. The first-order valence-corrected chi connectivity index (χ1v) is 7.97. The van der Waals surface area contributed by atoms with Crippen molar-refractivity contribution >= 4 is 5.91 Å². The summed E-state index contributed by atoms with van der Waals surface area (Å²) in [6, 6.07) is 24.5. The van der Waals surface area contributed by atoms with Gasteiger partial charge in [-0.05, 0) is 23.3 Å². The molecule has 1 aliphatic rings. The Kier molecular flexibility index (Phi) is 3.54. The van der Waals surface area contributed by atoms with Gasteiger partial charge >= 0.3 is 0 Å². The van der Waals surface area contributed by atoms with Crippen LogP contribution in [0, 0.1) is 0 Å². The summed E-state index contributed by atoms with van der Waals surface area (Å²) in [7, 11) is 0. The van der Waals surface area contributed by atoms with Gasteiger partial charge in [-0.15, -0.1) is 0 Å². The van der Waals surface area contributed by atoms with E-state index in [1.165, 1.54) is 0 Å². The molecule has 1 N–H and O–H groups in total. The smallest absolute Gasteiger partial charge is 0.255 e. The van der Waals surface area contributed by atoms with E-state index < -0.39 is 0 Å². The number of para-hydroxylation sites is 1. The van der Waals surface area contributed by atoms with Crippen LogP contribution in [0.1, 0.15) is 33.1 Å². The summed E-state index contributed by atoms with van der Waals surface area (Å²) in [5.74, 6) is 0.216. The van der Waals surface area contributed by atoms with Crippen LogP contribution in [0.3, 0.4) is 0 Å². The van der Waals surface area contributed by atoms with Crippen molar-refractivity contribution in [3.05, 3.63) is 101 Å². The molecule has 1 atom stereocenters. The molecule has 0 radical (unpaired) electrons. The van der Waals surface area contributed by atoms with Crippen LogP contribution < -0.4 is 0 Å². The minimum atomic E-state index is -0.268. The Morgan fingerprint density at radius 3 is 2.17 bits per heavy atom. The van der Waals surface area contributed by atoms with Gasteiger partial charge in [0.05, 0.1) is 6.04 Å². The van der Waals surface area contributed by atoms with Crippen LogP contribution in [0.5, 0.6) is 5.75 Å². The number of hydrogen-bond acceptors (Lipinski definition) is 2. The minimum absolute atomic E-state index is 0.00251. The lowest BCUT2D eigenvalue weighted by Crippen LogP contribution is -2.28. The first kappa shape index (κ1) is 14.5. The molecule has 1 aliphatic heterocycles. The molecule has 1 unspecified atom stereocenters. The summed E-state index contributed by atoms with van der Waals surface area (Å²) < 4.78 is 0. The minimum Gasteiger partial charge on any atom is -0.508 e. The van der Waals surface area contributed by atoms with E-state index in [4.69, 9.17) is 0 Å². The fraction of sp³-hybridized carbons (Fsp3) is 0.0952. The molecule has 4 rings (SSSR count). The second kappa shape index (κ2) is 5.85. The molecule has 3 aromatic carbocycles. The number of phenols is 1. The number of rotatable bonds is 3. The number of carbonyl (C=O) groups is 1. The van der Waals surface area contributed by atoms with Crippen molar-refractivity contribution < 1.29 is 9.90 Å². The van der Waals surface area contributed by atoms with Crippen molar-refractivity contribution in [2.24, 2.45) is 0 Å². The topological polar surface area (TPSA) is 40.5 Å². The Labute approximate surface area is 140 Å². The van der Waals surface area contributed by atoms with Crippen LogP contribution in [0.2, 0.25) is 0 Å². The normalized spacial score (nSPS) is 16.2. The van der Waals surface area contributed by atoms with E-state index in [2.05, 4.69) is 0 Å². The third-order valence-electron chi connectivity index (χ3n) is 4.49. The van der Waals surface area contributed by atoms with Crippen molar-refractivity contribution in [3.63, 3.8) is 0 Å².